The largest absolute Gasteiger partial charge is 0.496 e. The van der Waals surface area contributed by atoms with Crippen molar-refractivity contribution in [3.63, 3.8) is 0 Å². The summed E-state index contributed by atoms with van der Waals surface area (Å²) in [5, 5.41) is -0.507. The lowest BCUT2D eigenvalue weighted by Crippen LogP contribution is -2.07. The number of rotatable bonds is 5. The number of benzene rings is 1. The van der Waals surface area contributed by atoms with Crippen molar-refractivity contribution in [1.82, 2.24) is 0 Å². The van der Waals surface area contributed by atoms with Gasteiger partial charge in [0.15, 0.2) is 0 Å². The van der Waals surface area contributed by atoms with Crippen LogP contribution in [0.25, 0.3) is 5.57 Å². The fourth-order valence-corrected chi connectivity index (χ4v) is 2.28. The zero-order valence-corrected chi connectivity index (χ0v) is 12.4. The number of esters is 1. The molecule has 0 aliphatic rings. The Kier molecular flexibility index (Phi) is 6.11. The van der Waals surface area contributed by atoms with Gasteiger partial charge in [0.25, 0.3) is 0 Å². The van der Waals surface area contributed by atoms with Gasteiger partial charge < -0.3 is 14.2 Å². The topological polar surface area (TPSA) is 61.8 Å². The highest BCUT2D eigenvalue weighted by Gasteiger charge is 2.20. The van der Waals surface area contributed by atoms with Crippen LogP contribution in [0.3, 0.4) is 0 Å². The molecular weight excluding hydrogens is 280 g/mol. The third-order valence-electron chi connectivity index (χ3n) is 2.40. The van der Waals surface area contributed by atoms with Crippen molar-refractivity contribution < 1.29 is 23.8 Å². The van der Waals surface area contributed by atoms with Crippen molar-refractivity contribution in [3.8, 4) is 5.75 Å². The summed E-state index contributed by atoms with van der Waals surface area (Å²) in [6.45, 7) is 5.68. The molecule has 6 heteroatoms. The minimum Gasteiger partial charge on any atom is -0.496 e. The molecule has 0 aliphatic heterocycles. The Hall–Kier alpha value is -1.95. The summed E-state index contributed by atoms with van der Waals surface area (Å²) >= 11 is 0.830. The van der Waals surface area contributed by atoms with Gasteiger partial charge in [-0.3, -0.25) is 0 Å². The molecule has 1 aromatic rings. The first-order valence-corrected chi connectivity index (χ1v) is 6.66. The van der Waals surface area contributed by atoms with Gasteiger partial charge in [-0.25, -0.2) is 9.59 Å². The van der Waals surface area contributed by atoms with Gasteiger partial charge in [0.2, 0.25) is 0 Å². The second kappa shape index (κ2) is 7.59. The van der Waals surface area contributed by atoms with Crippen LogP contribution in [-0.4, -0.2) is 32.1 Å². The lowest BCUT2D eigenvalue weighted by atomic mass is 10.1. The molecule has 0 fully saturated rings. The van der Waals surface area contributed by atoms with E-state index in [1.807, 2.05) is 0 Å². The van der Waals surface area contributed by atoms with Gasteiger partial charge in [-0.1, -0.05) is 18.7 Å². The predicted molar refractivity (Wildman–Crippen MR) is 76.9 cm³/mol. The normalized spacial score (nSPS) is 9.75. The minimum atomic E-state index is -0.535. The van der Waals surface area contributed by atoms with Crippen LogP contribution in [0.15, 0.2) is 29.7 Å². The molecule has 0 radical (unpaired) electrons. The summed E-state index contributed by atoms with van der Waals surface area (Å²) in [5.74, 6) is -0.0733. The quantitative estimate of drug-likeness (QED) is 0.472. The van der Waals surface area contributed by atoms with Crippen LogP contribution in [0.4, 0.5) is 4.79 Å². The van der Waals surface area contributed by atoms with E-state index in [9.17, 15) is 9.59 Å². The first-order valence-electron chi connectivity index (χ1n) is 5.84. The van der Waals surface area contributed by atoms with Crippen LogP contribution in [0.1, 0.15) is 12.5 Å². The van der Waals surface area contributed by atoms with Crippen molar-refractivity contribution in [2.24, 2.45) is 0 Å². The molecule has 0 unspecified atom stereocenters. The van der Waals surface area contributed by atoms with Crippen molar-refractivity contribution in [1.29, 1.82) is 0 Å². The first kappa shape index (κ1) is 16.1. The zero-order chi connectivity index (χ0) is 15.1. The maximum Gasteiger partial charge on any atom is 0.372 e. The fraction of sp³-hybridized carbons (Fsp3) is 0.286. The molecule has 108 valence electrons. The molecule has 0 amide bonds. The van der Waals surface area contributed by atoms with Gasteiger partial charge in [0.1, 0.15) is 5.75 Å². The van der Waals surface area contributed by atoms with E-state index >= 15 is 0 Å². The van der Waals surface area contributed by atoms with E-state index in [4.69, 9.17) is 9.47 Å². The van der Waals surface area contributed by atoms with E-state index in [0.717, 1.165) is 11.8 Å². The highest BCUT2D eigenvalue weighted by molar-refractivity contribution is 8.13. The Morgan fingerprint density at radius 3 is 2.55 bits per heavy atom. The molecule has 1 rings (SSSR count). The first-order chi connectivity index (χ1) is 9.54. The van der Waals surface area contributed by atoms with Gasteiger partial charge in [0, 0.05) is 5.56 Å². The lowest BCUT2D eigenvalue weighted by Gasteiger charge is -2.13. The molecule has 0 spiro atoms. The van der Waals surface area contributed by atoms with Gasteiger partial charge in [-0.15, -0.1) is 0 Å². The van der Waals surface area contributed by atoms with E-state index in [1.165, 1.54) is 14.2 Å². The van der Waals surface area contributed by atoms with Gasteiger partial charge in [-0.2, -0.15) is 0 Å². The summed E-state index contributed by atoms with van der Waals surface area (Å²) in [6, 6.07) is 5.07. The second-order valence-corrected chi connectivity index (χ2v) is 4.54. The van der Waals surface area contributed by atoms with E-state index in [-0.39, 0.29) is 12.2 Å². The number of carbonyl (C=O) groups is 2. The predicted octanol–water partition coefficient (Wildman–Crippen LogP) is 3.13. The summed E-state index contributed by atoms with van der Waals surface area (Å²) < 4.78 is 14.7. The molecule has 0 N–H and O–H groups in total. The van der Waals surface area contributed by atoms with E-state index < -0.39 is 11.3 Å². The molecule has 0 bridgehead atoms. The van der Waals surface area contributed by atoms with Gasteiger partial charge >= 0.3 is 11.3 Å². The fourth-order valence-electron chi connectivity index (χ4n) is 1.47. The molecule has 20 heavy (non-hydrogen) atoms. The van der Waals surface area contributed by atoms with Crippen molar-refractivity contribution in [2.45, 2.75) is 11.8 Å². The number of methoxy groups -OCH3 is 2. The van der Waals surface area contributed by atoms with Crippen molar-refractivity contribution in [3.05, 3.63) is 30.3 Å². The van der Waals surface area contributed by atoms with Gasteiger partial charge in [-0.05, 0) is 24.8 Å². The number of thioether (sulfide) groups is 1. The van der Waals surface area contributed by atoms with Crippen LogP contribution in [0.2, 0.25) is 0 Å². The number of hydrogen-bond donors (Lipinski definition) is 0. The average Bonchev–Trinajstić information content (AvgIpc) is 2.46. The van der Waals surface area contributed by atoms with Gasteiger partial charge in [0.05, 0.1) is 31.3 Å². The Bertz CT molecular complexity index is 524. The lowest BCUT2D eigenvalue weighted by molar-refractivity contribution is -0.136. The van der Waals surface area contributed by atoms with Crippen LogP contribution in [-0.2, 0) is 14.3 Å². The SMILES string of the molecule is C=C(C(=O)OCC)c1cccc(OC)c1SC(=O)OC. The summed E-state index contributed by atoms with van der Waals surface area (Å²) in [7, 11) is 2.76. The maximum atomic E-state index is 11.8. The monoisotopic (exact) mass is 296 g/mol. The van der Waals surface area contributed by atoms with Crippen LogP contribution in [0, 0.1) is 0 Å². The second-order valence-electron chi connectivity index (χ2n) is 3.59. The maximum absolute atomic E-state index is 11.8. The number of hydrogen-bond acceptors (Lipinski definition) is 6. The summed E-state index contributed by atoms with van der Waals surface area (Å²) in [6.07, 6.45) is 0. The molecule has 0 aliphatic carbocycles. The van der Waals surface area contributed by atoms with Crippen LogP contribution >= 0.6 is 11.8 Å². The van der Waals surface area contributed by atoms with E-state index in [2.05, 4.69) is 11.3 Å². The highest BCUT2D eigenvalue weighted by Crippen LogP contribution is 2.37. The summed E-state index contributed by atoms with van der Waals surface area (Å²) in [5.41, 5.74) is 0.648. The Balaban J connectivity index is 3.21. The number of ether oxygens (including phenoxy) is 3. The number of carbonyl (C=O) groups excluding carboxylic acids is 2. The Morgan fingerprint density at radius 1 is 1.30 bits per heavy atom. The zero-order valence-electron chi connectivity index (χ0n) is 11.6. The molecule has 0 aromatic heterocycles. The molecule has 0 saturated heterocycles. The molecule has 0 heterocycles. The average molecular weight is 296 g/mol. The van der Waals surface area contributed by atoms with Crippen LogP contribution in [0.5, 0.6) is 5.75 Å². The Morgan fingerprint density at radius 2 is 2.00 bits per heavy atom. The third-order valence-corrected chi connectivity index (χ3v) is 3.36. The van der Waals surface area contributed by atoms with E-state index in [0.29, 0.717) is 16.2 Å². The standard InChI is InChI=1S/C14H16O5S/c1-5-19-13(15)9(2)10-7-6-8-11(17-3)12(10)20-14(16)18-4/h6-8H,2,5H2,1,3-4H3. The highest BCUT2D eigenvalue weighted by atomic mass is 32.2. The third kappa shape index (κ3) is 3.77. The molecule has 0 saturated carbocycles. The van der Waals surface area contributed by atoms with Crippen LogP contribution < -0.4 is 4.74 Å². The molecular formula is C14H16O5S. The van der Waals surface area contributed by atoms with Crippen molar-refractivity contribution >= 4 is 28.6 Å². The smallest absolute Gasteiger partial charge is 0.372 e. The minimum absolute atomic E-state index is 0.164. The summed E-state index contributed by atoms with van der Waals surface area (Å²) in [4.78, 5) is 23.7. The molecule has 1 aromatic carbocycles. The van der Waals surface area contributed by atoms with E-state index in [1.54, 1.807) is 25.1 Å². The van der Waals surface area contributed by atoms with Crippen molar-refractivity contribution in [2.75, 3.05) is 20.8 Å². The molecule has 0 atom stereocenters. The Labute approximate surface area is 121 Å². The molecule has 5 nitrogen and oxygen atoms in total.